The molecular weight excluding hydrogens is 352 g/mol. The molecule has 1 N–H and O–H groups in total. The van der Waals surface area contributed by atoms with Gasteiger partial charge in [0, 0.05) is 36.5 Å². The monoisotopic (exact) mass is 372 g/mol. The molecule has 0 unspecified atom stereocenters. The van der Waals surface area contributed by atoms with E-state index >= 15 is 0 Å². The maximum absolute atomic E-state index is 12.3. The molecule has 9 heteroatoms. The molecule has 0 aliphatic carbocycles. The molecule has 1 aromatic heterocycles. The first kappa shape index (κ1) is 19.8. The number of carbonyl (C=O) groups is 2. The van der Waals surface area contributed by atoms with Gasteiger partial charge in [0.1, 0.15) is 6.54 Å². The summed E-state index contributed by atoms with van der Waals surface area (Å²) in [7, 11) is 0. The maximum Gasteiger partial charge on any atom is 0.285 e. The summed E-state index contributed by atoms with van der Waals surface area (Å²) in [6.45, 7) is 4.63. The predicted molar refractivity (Wildman–Crippen MR) is 99.7 cm³/mol. The maximum atomic E-state index is 12.3. The molecule has 142 valence electrons. The first-order valence-corrected chi connectivity index (χ1v) is 8.39. The normalized spacial score (nSPS) is 10.3. The Balaban J connectivity index is 2.06. The van der Waals surface area contributed by atoms with Crippen LogP contribution in [-0.2, 0) is 11.3 Å². The van der Waals surface area contributed by atoms with Crippen molar-refractivity contribution in [1.82, 2.24) is 9.47 Å². The summed E-state index contributed by atoms with van der Waals surface area (Å²) in [6, 6.07) is 8.52. The average Bonchev–Trinajstić information content (AvgIpc) is 2.64. The Bertz CT molecular complexity index is 901. The van der Waals surface area contributed by atoms with Crippen molar-refractivity contribution in [3.8, 4) is 0 Å². The van der Waals surface area contributed by atoms with Gasteiger partial charge in [0.15, 0.2) is 0 Å². The molecule has 0 fully saturated rings. The fraction of sp³-hybridized carbons (Fsp3) is 0.278. The van der Waals surface area contributed by atoms with Crippen molar-refractivity contribution in [2.24, 2.45) is 0 Å². The van der Waals surface area contributed by atoms with Crippen LogP contribution in [0.3, 0.4) is 0 Å². The smallest absolute Gasteiger partial charge is 0.285 e. The Kier molecular flexibility index (Phi) is 6.42. The summed E-state index contributed by atoms with van der Waals surface area (Å²) in [5.41, 5.74) is 0.166. The molecule has 0 bridgehead atoms. The van der Waals surface area contributed by atoms with Gasteiger partial charge in [0.25, 0.3) is 17.2 Å². The van der Waals surface area contributed by atoms with Crippen LogP contribution >= 0.6 is 0 Å². The minimum atomic E-state index is -0.639. The molecule has 0 spiro atoms. The quantitative estimate of drug-likeness (QED) is 0.589. The highest BCUT2D eigenvalue weighted by atomic mass is 16.6. The lowest BCUT2D eigenvalue weighted by molar-refractivity contribution is -0.385. The first-order valence-electron chi connectivity index (χ1n) is 8.39. The van der Waals surface area contributed by atoms with Crippen LogP contribution < -0.4 is 10.9 Å². The molecule has 2 aromatic rings. The topological polar surface area (TPSA) is 115 Å². The Labute approximate surface area is 155 Å². The molecule has 1 aromatic carbocycles. The van der Waals surface area contributed by atoms with E-state index in [9.17, 15) is 24.5 Å². The Hall–Kier alpha value is -3.49. The van der Waals surface area contributed by atoms with Crippen molar-refractivity contribution in [3.05, 3.63) is 68.6 Å². The number of amides is 2. The Morgan fingerprint density at radius 2 is 1.74 bits per heavy atom. The van der Waals surface area contributed by atoms with E-state index in [1.807, 2.05) is 13.8 Å². The standard InChI is InChI=1S/C18H20N4O5/c1-3-20(4-2)18(25)13-5-7-14(8-6-13)19-16(23)12-21-11-15(22(26)27)9-10-17(21)24/h5-11H,3-4,12H2,1-2H3,(H,19,23). The molecule has 9 nitrogen and oxygen atoms in total. The van der Waals surface area contributed by atoms with E-state index in [4.69, 9.17) is 0 Å². The van der Waals surface area contributed by atoms with Crippen molar-refractivity contribution in [2.45, 2.75) is 20.4 Å². The number of rotatable bonds is 7. The van der Waals surface area contributed by atoms with Gasteiger partial charge in [-0.3, -0.25) is 29.1 Å². The first-order chi connectivity index (χ1) is 12.8. The van der Waals surface area contributed by atoms with Crippen molar-refractivity contribution in [3.63, 3.8) is 0 Å². The van der Waals surface area contributed by atoms with Crippen LogP contribution in [0.4, 0.5) is 11.4 Å². The summed E-state index contributed by atoms with van der Waals surface area (Å²) in [4.78, 5) is 47.9. The predicted octanol–water partition coefficient (Wildman–Crippen LogP) is 1.88. The number of nitrogens with one attached hydrogen (secondary N) is 1. The highest BCUT2D eigenvalue weighted by molar-refractivity contribution is 5.95. The van der Waals surface area contributed by atoms with Gasteiger partial charge >= 0.3 is 0 Å². The van der Waals surface area contributed by atoms with Crippen LogP contribution in [-0.4, -0.2) is 39.3 Å². The molecule has 27 heavy (non-hydrogen) atoms. The molecule has 2 amide bonds. The molecule has 0 aliphatic heterocycles. The zero-order valence-electron chi connectivity index (χ0n) is 15.0. The largest absolute Gasteiger partial charge is 0.339 e. The van der Waals surface area contributed by atoms with Crippen LogP contribution in [0, 0.1) is 10.1 Å². The van der Waals surface area contributed by atoms with Crippen molar-refractivity contribution in [1.29, 1.82) is 0 Å². The van der Waals surface area contributed by atoms with Crippen LogP contribution in [0.1, 0.15) is 24.2 Å². The zero-order chi connectivity index (χ0) is 20.0. The van der Waals surface area contributed by atoms with Crippen LogP contribution in [0.5, 0.6) is 0 Å². The van der Waals surface area contributed by atoms with Gasteiger partial charge in [-0.25, -0.2) is 0 Å². The Morgan fingerprint density at radius 1 is 1.11 bits per heavy atom. The number of nitro groups is 1. The van der Waals surface area contributed by atoms with Gasteiger partial charge in [-0.15, -0.1) is 0 Å². The second-order valence-corrected chi connectivity index (χ2v) is 5.71. The van der Waals surface area contributed by atoms with Crippen molar-refractivity contribution >= 4 is 23.2 Å². The molecular formula is C18H20N4O5. The number of benzene rings is 1. The molecule has 0 saturated heterocycles. The van der Waals surface area contributed by atoms with Gasteiger partial charge in [0.2, 0.25) is 5.91 Å². The van der Waals surface area contributed by atoms with Gasteiger partial charge < -0.3 is 10.2 Å². The highest BCUT2D eigenvalue weighted by Gasteiger charge is 2.13. The minimum absolute atomic E-state index is 0.0963. The number of pyridine rings is 1. The van der Waals surface area contributed by atoms with Gasteiger partial charge in [-0.05, 0) is 38.1 Å². The second kappa shape index (κ2) is 8.75. The molecule has 0 aliphatic rings. The Morgan fingerprint density at radius 3 is 2.30 bits per heavy atom. The van der Waals surface area contributed by atoms with E-state index < -0.39 is 16.4 Å². The van der Waals surface area contributed by atoms with E-state index in [1.54, 1.807) is 29.2 Å². The number of aromatic nitrogens is 1. The van der Waals surface area contributed by atoms with E-state index in [0.29, 0.717) is 24.3 Å². The van der Waals surface area contributed by atoms with E-state index in [-0.39, 0.29) is 18.1 Å². The van der Waals surface area contributed by atoms with Gasteiger partial charge in [0.05, 0.1) is 11.1 Å². The summed E-state index contributed by atoms with van der Waals surface area (Å²) < 4.78 is 0.964. The summed E-state index contributed by atoms with van der Waals surface area (Å²) in [5, 5.41) is 13.4. The number of carbonyl (C=O) groups excluding carboxylic acids is 2. The summed E-state index contributed by atoms with van der Waals surface area (Å²) in [6.07, 6.45) is 1.02. The van der Waals surface area contributed by atoms with E-state index in [1.165, 1.54) is 0 Å². The van der Waals surface area contributed by atoms with Crippen molar-refractivity contribution < 1.29 is 14.5 Å². The van der Waals surface area contributed by atoms with E-state index in [2.05, 4.69) is 5.32 Å². The third-order valence-electron chi connectivity index (χ3n) is 3.96. The minimum Gasteiger partial charge on any atom is -0.339 e. The number of anilines is 1. The zero-order valence-corrected chi connectivity index (χ0v) is 15.0. The van der Waals surface area contributed by atoms with Crippen molar-refractivity contribution in [2.75, 3.05) is 18.4 Å². The van der Waals surface area contributed by atoms with E-state index in [0.717, 1.165) is 22.9 Å². The van der Waals surface area contributed by atoms with Gasteiger partial charge in [-0.2, -0.15) is 0 Å². The van der Waals surface area contributed by atoms with Crippen LogP contribution in [0.2, 0.25) is 0 Å². The van der Waals surface area contributed by atoms with Crippen LogP contribution in [0.25, 0.3) is 0 Å². The van der Waals surface area contributed by atoms with Gasteiger partial charge in [-0.1, -0.05) is 0 Å². The van der Waals surface area contributed by atoms with Crippen LogP contribution in [0.15, 0.2) is 47.4 Å². The molecule has 0 radical (unpaired) electrons. The fourth-order valence-electron chi connectivity index (χ4n) is 2.50. The number of hydrogen-bond donors (Lipinski definition) is 1. The number of hydrogen-bond acceptors (Lipinski definition) is 5. The summed E-state index contributed by atoms with van der Waals surface area (Å²) in [5.74, 6) is -0.610. The SMILES string of the molecule is CCN(CC)C(=O)c1ccc(NC(=O)Cn2cc([N+](=O)[O-])ccc2=O)cc1. The molecule has 0 saturated carbocycles. The number of nitrogens with zero attached hydrogens (tertiary/aromatic N) is 3. The lowest BCUT2D eigenvalue weighted by atomic mass is 10.1. The third-order valence-corrected chi connectivity index (χ3v) is 3.96. The second-order valence-electron chi connectivity index (χ2n) is 5.71. The lowest BCUT2D eigenvalue weighted by Gasteiger charge is -2.18. The lowest BCUT2D eigenvalue weighted by Crippen LogP contribution is -2.30. The molecule has 0 atom stereocenters. The highest BCUT2D eigenvalue weighted by Crippen LogP contribution is 2.12. The fourth-order valence-corrected chi connectivity index (χ4v) is 2.50. The molecule has 1 heterocycles. The third kappa shape index (κ3) is 5.00. The summed E-state index contributed by atoms with van der Waals surface area (Å²) >= 11 is 0. The molecule has 2 rings (SSSR count). The average molecular weight is 372 g/mol.